The van der Waals surface area contributed by atoms with Crippen LogP contribution in [0.25, 0.3) is 0 Å². The summed E-state index contributed by atoms with van der Waals surface area (Å²) in [6, 6.07) is 9.99. The Morgan fingerprint density at radius 1 is 1.07 bits per heavy atom. The zero-order valence-electron chi connectivity index (χ0n) is 16.9. The van der Waals surface area contributed by atoms with Gasteiger partial charge in [-0.15, -0.1) is 0 Å². The molecular formula is C21H30N5O2+. The minimum Gasteiger partial charge on any atom is -0.350 e. The highest BCUT2D eigenvalue weighted by atomic mass is 16.2. The number of quaternary nitrogens is 1. The molecule has 0 spiro atoms. The topological polar surface area (TPSA) is 79.6 Å². The lowest BCUT2D eigenvalue weighted by Gasteiger charge is -2.22. The molecule has 0 aliphatic heterocycles. The molecule has 1 aromatic carbocycles. The van der Waals surface area contributed by atoms with Gasteiger partial charge in [-0.05, 0) is 18.9 Å². The molecule has 2 rings (SSSR count). The molecule has 0 aliphatic rings. The minimum absolute atomic E-state index is 0.0475. The highest BCUT2D eigenvalue weighted by Crippen LogP contribution is 2.07. The highest BCUT2D eigenvalue weighted by molar-refractivity contribution is 5.92. The van der Waals surface area contributed by atoms with E-state index in [2.05, 4.69) is 15.3 Å². The maximum absolute atomic E-state index is 12.9. The molecule has 0 saturated heterocycles. The average Bonchev–Trinajstić information content (AvgIpc) is 2.68. The van der Waals surface area contributed by atoms with Crippen LogP contribution in [-0.4, -0.2) is 67.0 Å². The molecule has 1 aromatic heterocycles. The summed E-state index contributed by atoms with van der Waals surface area (Å²) in [5, 5.41) is 2.90. The van der Waals surface area contributed by atoms with Crippen molar-refractivity contribution >= 4 is 11.8 Å². The van der Waals surface area contributed by atoms with Gasteiger partial charge in [0.15, 0.2) is 0 Å². The maximum Gasteiger partial charge on any atom is 0.274 e. The molecule has 2 N–H and O–H groups in total. The Labute approximate surface area is 166 Å². The predicted molar refractivity (Wildman–Crippen MR) is 108 cm³/mol. The number of nitrogens with one attached hydrogen (secondary N) is 2. The van der Waals surface area contributed by atoms with Gasteiger partial charge in [0.1, 0.15) is 5.69 Å². The van der Waals surface area contributed by atoms with Crippen LogP contribution in [0.2, 0.25) is 0 Å². The summed E-state index contributed by atoms with van der Waals surface area (Å²) in [4.78, 5) is 36.3. The Balaban J connectivity index is 1.97. The summed E-state index contributed by atoms with van der Waals surface area (Å²) < 4.78 is 0. The lowest BCUT2D eigenvalue weighted by Crippen LogP contribution is -3.06. The molecule has 7 nitrogen and oxygen atoms in total. The summed E-state index contributed by atoms with van der Waals surface area (Å²) in [6.07, 6.45) is 4.06. The van der Waals surface area contributed by atoms with Gasteiger partial charge in [0.25, 0.3) is 5.91 Å². The van der Waals surface area contributed by atoms with E-state index in [1.54, 1.807) is 11.1 Å². The molecular weight excluding hydrogens is 354 g/mol. The van der Waals surface area contributed by atoms with Crippen LogP contribution in [0.3, 0.4) is 0 Å². The molecule has 0 fully saturated rings. The van der Waals surface area contributed by atoms with Crippen molar-refractivity contribution < 1.29 is 14.5 Å². The zero-order valence-corrected chi connectivity index (χ0v) is 16.9. The molecule has 0 aliphatic carbocycles. The number of carbonyl (C=O) groups excluding carboxylic acids is 2. The molecule has 0 unspecified atom stereocenters. The number of rotatable bonds is 10. The molecule has 1 heterocycles. The van der Waals surface area contributed by atoms with Gasteiger partial charge in [0.05, 0.1) is 39.1 Å². The van der Waals surface area contributed by atoms with Crippen LogP contribution < -0.4 is 10.2 Å². The third kappa shape index (κ3) is 7.44. The van der Waals surface area contributed by atoms with E-state index in [0.29, 0.717) is 25.3 Å². The molecule has 28 heavy (non-hydrogen) atoms. The second-order valence-electron chi connectivity index (χ2n) is 7.13. The zero-order chi connectivity index (χ0) is 20.4. The summed E-state index contributed by atoms with van der Waals surface area (Å²) in [5.41, 5.74) is 2.21. The van der Waals surface area contributed by atoms with Crippen molar-refractivity contribution in [2.45, 2.75) is 19.8 Å². The second-order valence-corrected chi connectivity index (χ2v) is 7.13. The third-order valence-corrected chi connectivity index (χ3v) is 4.36. The maximum atomic E-state index is 12.9. The van der Waals surface area contributed by atoms with Crippen LogP contribution in [0.1, 0.15) is 28.2 Å². The summed E-state index contributed by atoms with van der Waals surface area (Å²) in [7, 11) is 4.08. The highest BCUT2D eigenvalue weighted by Gasteiger charge is 2.18. The van der Waals surface area contributed by atoms with Crippen LogP contribution in [0.5, 0.6) is 0 Å². The van der Waals surface area contributed by atoms with Crippen LogP contribution in [0.4, 0.5) is 0 Å². The predicted octanol–water partition coefficient (Wildman–Crippen LogP) is 0.121. The molecule has 7 heteroatoms. The van der Waals surface area contributed by atoms with E-state index in [4.69, 9.17) is 0 Å². The van der Waals surface area contributed by atoms with E-state index in [1.807, 2.05) is 51.4 Å². The van der Waals surface area contributed by atoms with Gasteiger partial charge in [-0.25, -0.2) is 4.98 Å². The number of aryl methyl sites for hydroxylation is 1. The van der Waals surface area contributed by atoms with Gasteiger partial charge >= 0.3 is 0 Å². The van der Waals surface area contributed by atoms with E-state index in [-0.39, 0.29) is 18.2 Å². The first-order valence-electron chi connectivity index (χ1n) is 9.63. The summed E-state index contributed by atoms with van der Waals surface area (Å²) >= 11 is 0. The van der Waals surface area contributed by atoms with E-state index in [0.717, 1.165) is 24.2 Å². The Morgan fingerprint density at radius 2 is 1.82 bits per heavy atom. The number of nitrogens with zero attached hydrogens (tertiary/aromatic N) is 3. The number of benzene rings is 1. The molecule has 0 bridgehead atoms. The average molecular weight is 385 g/mol. The normalized spacial score (nSPS) is 10.7. The minimum atomic E-state index is -0.200. The Morgan fingerprint density at radius 3 is 2.46 bits per heavy atom. The standard InChI is InChI=1S/C21H29N5O2/c1-17-15-24-19(16-23-17)21(28)26(12-9-18-7-5-4-6-8-18)13-10-20(27)22-11-14-25(2)3/h4-8,15-16H,9-14H2,1-3H3,(H,22,27)/p+1. The second kappa shape index (κ2) is 11.1. The SMILES string of the molecule is Cc1cnc(C(=O)N(CCC(=O)NCC[NH+](C)C)CCc2ccccc2)cn1. The summed E-state index contributed by atoms with van der Waals surface area (Å²) in [5.74, 6) is -0.247. The summed E-state index contributed by atoms with van der Waals surface area (Å²) in [6.45, 7) is 4.19. The van der Waals surface area contributed by atoms with Crippen LogP contribution in [0, 0.1) is 6.92 Å². The van der Waals surface area contributed by atoms with Gasteiger partial charge in [0, 0.05) is 25.7 Å². The van der Waals surface area contributed by atoms with Gasteiger partial charge in [-0.3, -0.25) is 14.6 Å². The number of likely N-dealkylation sites (N-methyl/N-ethyl adjacent to an activating group) is 1. The van der Waals surface area contributed by atoms with E-state index >= 15 is 0 Å². The van der Waals surface area contributed by atoms with Gasteiger partial charge in [0.2, 0.25) is 5.91 Å². The number of amides is 2. The van der Waals surface area contributed by atoms with Crippen LogP contribution >= 0.6 is 0 Å². The van der Waals surface area contributed by atoms with Crippen molar-refractivity contribution in [3.05, 3.63) is 59.7 Å². The van der Waals surface area contributed by atoms with Crippen molar-refractivity contribution in [2.75, 3.05) is 40.3 Å². The fourth-order valence-electron chi connectivity index (χ4n) is 2.67. The lowest BCUT2D eigenvalue weighted by molar-refractivity contribution is -0.856. The largest absolute Gasteiger partial charge is 0.350 e. The van der Waals surface area contributed by atoms with E-state index < -0.39 is 0 Å². The monoisotopic (exact) mass is 384 g/mol. The van der Waals surface area contributed by atoms with Gasteiger partial charge in [-0.2, -0.15) is 0 Å². The van der Waals surface area contributed by atoms with Gasteiger partial charge < -0.3 is 15.1 Å². The number of aromatic nitrogens is 2. The quantitative estimate of drug-likeness (QED) is 0.610. The Bertz CT molecular complexity index is 747. The van der Waals surface area contributed by atoms with Gasteiger partial charge in [-0.1, -0.05) is 30.3 Å². The first-order valence-corrected chi connectivity index (χ1v) is 9.63. The molecule has 0 saturated carbocycles. The lowest BCUT2D eigenvalue weighted by atomic mass is 10.1. The molecule has 2 aromatic rings. The molecule has 0 atom stereocenters. The van der Waals surface area contributed by atoms with Crippen molar-refractivity contribution in [2.24, 2.45) is 0 Å². The number of carbonyl (C=O) groups is 2. The van der Waals surface area contributed by atoms with Crippen molar-refractivity contribution in [3.8, 4) is 0 Å². The third-order valence-electron chi connectivity index (χ3n) is 4.36. The van der Waals surface area contributed by atoms with Crippen molar-refractivity contribution in [1.82, 2.24) is 20.2 Å². The van der Waals surface area contributed by atoms with Crippen LogP contribution in [0.15, 0.2) is 42.7 Å². The fourth-order valence-corrected chi connectivity index (χ4v) is 2.67. The first-order chi connectivity index (χ1) is 13.5. The Hall–Kier alpha value is -2.80. The number of hydrogen-bond donors (Lipinski definition) is 2. The smallest absolute Gasteiger partial charge is 0.274 e. The first kappa shape index (κ1) is 21.5. The molecule has 0 radical (unpaired) electrons. The van der Waals surface area contributed by atoms with Crippen LogP contribution in [-0.2, 0) is 11.2 Å². The number of hydrogen-bond acceptors (Lipinski definition) is 4. The van der Waals surface area contributed by atoms with Crippen molar-refractivity contribution in [1.29, 1.82) is 0 Å². The molecule has 150 valence electrons. The Kier molecular flexibility index (Phi) is 8.55. The fraction of sp³-hybridized carbons (Fsp3) is 0.429. The van der Waals surface area contributed by atoms with Crippen molar-refractivity contribution in [3.63, 3.8) is 0 Å². The van der Waals surface area contributed by atoms with E-state index in [1.165, 1.54) is 11.1 Å². The molecule has 2 amide bonds. The van der Waals surface area contributed by atoms with E-state index in [9.17, 15) is 9.59 Å².